The fraction of sp³-hybridized carbons (Fsp3) is 0.385. The molecular weight excluding hydrogens is 514 g/mol. The molecule has 0 spiro atoms. The van der Waals surface area contributed by atoms with Gasteiger partial charge in [-0.15, -0.1) is 0 Å². The van der Waals surface area contributed by atoms with Crippen molar-refractivity contribution in [2.45, 2.75) is 26.3 Å². The first-order valence-corrected chi connectivity index (χ1v) is 11.9. The van der Waals surface area contributed by atoms with Crippen LogP contribution in [0.1, 0.15) is 40.5 Å². The standard InChI is InChI=1S/C26H31N3O10/c1-8-9-10-27-25(32)28(23(30)15-11-17(34-2)21(38-6)18(12-15)35-3)29(26(27)33)24(31)16-13-19(36-4)22(39-7)20(14-16)37-5/h11-14H,8-10H2,1-7H3. The molecule has 0 radical (unpaired) electrons. The zero-order valence-corrected chi connectivity index (χ0v) is 22.9. The van der Waals surface area contributed by atoms with Crippen LogP contribution in [-0.2, 0) is 6.54 Å². The molecule has 0 aliphatic rings. The van der Waals surface area contributed by atoms with E-state index in [0.717, 1.165) is 4.57 Å². The lowest BCUT2D eigenvalue weighted by molar-refractivity contribution is 0.0840. The second-order valence-electron chi connectivity index (χ2n) is 8.13. The summed E-state index contributed by atoms with van der Waals surface area (Å²) in [4.78, 5) is 54.4. The Kier molecular flexibility index (Phi) is 9.07. The van der Waals surface area contributed by atoms with E-state index in [2.05, 4.69) is 0 Å². The number of ether oxygens (including phenoxy) is 6. The van der Waals surface area contributed by atoms with Gasteiger partial charge >= 0.3 is 11.4 Å². The maximum atomic E-state index is 13.8. The molecule has 0 saturated carbocycles. The fourth-order valence-electron chi connectivity index (χ4n) is 4.00. The smallest absolute Gasteiger partial charge is 0.355 e. The van der Waals surface area contributed by atoms with Crippen LogP contribution in [0, 0.1) is 0 Å². The van der Waals surface area contributed by atoms with Crippen LogP contribution in [0.15, 0.2) is 33.9 Å². The van der Waals surface area contributed by atoms with Crippen molar-refractivity contribution < 1.29 is 38.0 Å². The van der Waals surface area contributed by atoms with Crippen LogP contribution in [0.25, 0.3) is 0 Å². The zero-order chi connectivity index (χ0) is 28.9. The average molecular weight is 546 g/mol. The molecular formula is C26H31N3O10. The quantitative estimate of drug-likeness (QED) is 0.352. The average Bonchev–Trinajstić information content (AvgIpc) is 3.21. The van der Waals surface area contributed by atoms with Gasteiger partial charge in [-0.25, -0.2) is 14.2 Å². The minimum atomic E-state index is -0.979. The Morgan fingerprint density at radius 1 is 0.615 bits per heavy atom. The van der Waals surface area contributed by atoms with E-state index in [9.17, 15) is 19.2 Å². The van der Waals surface area contributed by atoms with Gasteiger partial charge in [0, 0.05) is 17.7 Å². The number of hydrogen-bond acceptors (Lipinski definition) is 10. The van der Waals surface area contributed by atoms with Crippen molar-refractivity contribution in [2.75, 3.05) is 42.7 Å². The summed E-state index contributed by atoms with van der Waals surface area (Å²) in [5, 5.41) is 0. The fourth-order valence-corrected chi connectivity index (χ4v) is 4.00. The molecule has 0 fully saturated rings. The normalized spacial score (nSPS) is 10.6. The molecule has 13 nitrogen and oxygen atoms in total. The summed E-state index contributed by atoms with van der Waals surface area (Å²) >= 11 is 0. The highest BCUT2D eigenvalue weighted by molar-refractivity contribution is 6.01. The first-order valence-electron chi connectivity index (χ1n) is 11.9. The molecule has 13 heteroatoms. The monoisotopic (exact) mass is 545 g/mol. The lowest BCUT2D eigenvalue weighted by Gasteiger charge is -2.15. The van der Waals surface area contributed by atoms with Gasteiger partial charge in [0.15, 0.2) is 23.0 Å². The summed E-state index contributed by atoms with van der Waals surface area (Å²) in [7, 11) is 8.25. The molecule has 2 aromatic carbocycles. The molecule has 0 aliphatic heterocycles. The molecule has 0 atom stereocenters. The summed E-state index contributed by atoms with van der Waals surface area (Å²) in [5.74, 6) is -0.926. The number of nitrogens with zero attached hydrogens (tertiary/aromatic N) is 3. The summed E-state index contributed by atoms with van der Waals surface area (Å²) in [6.45, 7) is 1.88. The van der Waals surface area contributed by atoms with E-state index < -0.39 is 23.2 Å². The van der Waals surface area contributed by atoms with Crippen LogP contribution in [0.3, 0.4) is 0 Å². The van der Waals surface area contributed by atoms with Crippen LogP contribution < -0.4 is 39.8 Å². The number of hydrogen-bond donors (Lipinski definition) is 0. The van der Waals surface area contributed by atoms with Gasteiger partial charge in [0.25, 0.3) is 11.8 Å². The largest absolute Gasteiger partial charge is 0.493 e. The Hall–Kier alpha value is -4.68. The molecule has 0 saturated heterocycles. The lowest BCUT2D eigenvalue weighted by atomic mass is 10.1. The zero-order valence-electron chi connectivity index (χ0n) is 22.9. The van der Waals surface area contributed by atoms with E-state index in [1.807, 2.05) is 6.92 Å². The van der Waals surface area contributed by atoms with Crippen LogP contribution >= 0.6 is 0 Å². The highest BCUT2D eigenvalue weighted by atomic mass is 16.5. The van der Waals surface area contributed by atoms with Crippen LogP contribution in [0.5, 0.6) is 34.5 Å². The third-order valence-electron chi connectivity index (χ3n) is 5.97. The Balaban J connectivity index is 2.31. The Bertz CT molecular complexity index is 1340. The van der Waals surface area contributed by atoms with Crippen LogP contribution in [0.2, 0.25) is 0 Å². The van der Waals surface area contributed by atoms with Crippen molar-refractivity contribution in [1.29, 1.82) is 0 Å². The number of benzene rings is 2. The number of carbonyl (C=O) groups excluding carboxylic acids is 2. The lowest BCUT2D eigenvalue weighted by Crippen LogP contribution is -2.37. The number of rotatable bonds is 11. The van der Waals surface area contributed by atoms with E-state index in [4.69, 9.17) is 28.4 Å². The van der Waals surface area contributed by atoms with Gasteiger partial charge in [-0.2, -0.15) is 9.36 Å². The summed E-state index contributed by atoms with van der Waals surface area (Å²) in [6, 6.07) is 5.27. The minimum Gasteiger partial charge on any atom is -0.493 e. The van der Waals surface area contributed by atoms with E-state index in [1.54, 1.807) is 0 Å². The van der Waals surface area contributed by atoms with Gasteiger partial charge in [-0.05, 0) is 30.7 Å². The van der Waals surface area contributed by atoms with Crippen molar-refractivity contribution >= 4 is 11.8 Å². The van der Waals surface area contributed by atoms with Crippen molar-refractivity contribution in [3.63, 3.8) is 0 Å². The van der Waals surface area contributed by atoms with Crippen molar-refractivity contribution in [1.82, 2.24) is 13.9 Å². The topological polar surface area (TPSA) is 138 Å². The van der Waals surface area contributed by atoms with E-state index in [0.29, 0.717) is 22.2 Å². The van der Waals surface area contributed by atoms with Crippen molar-refractivity contribution in [3.8, 4) is 34.5 Å². The number of aromatic nitrogens is 3. The highest BCUT2D eigenvalue weighted by Crippen LogP contribution is 2.39. The summed E-state index contributed by atoms with van der Waals surface area (Å²) < 4.78 is 33.7. The van der Waals surface area contributed by atoms with Crippen molar-refractivity contribution in [2.24, 2.45) is 0 Å². The minimum absolute atomic E-state index is 0.00619. The Labute approximate surface area is 223 Å². The number of carbonyl (C=O) groups is 2. The molecule has 1 heterocycles. The molecule has 0 aliphatic carbocycles. The molecule has 0 N–H and O–H groups in total. The Morgan fingerprint density at radius 2 is 0.949 bits per heavy atom. The van der Waals surface area contributed by atoms with E-state index >= 15 is 0 Å². The predicted molar refractivity (Wildman–Crippen MR) is 140 cm³/mol. The van der Waals surface area contributed by atoms with Gasteiger partial charge in [-0.1, -0.05) is 13.3 Å². The molecule has 3 aromatic rings. The summed E-state index contributed by atoms with van der Waals surface area (Å²) in [6.07, 6.45) is 1.13. The van der Waals surface area contributed by atoms with Gasteiger partial charge in [0.1, 0.15) is 0 Å². The second-order valence-corrected chi connectivity index (χ2v) is 8.13. The molecule has 0 amide bonds. The first kappa shape index (κ1) is 28.9. The van der Waals surface area contributed by atoms with Gasteiger partial charge < -0.3 is 28.4 Å². The maximum Gasteiger partial charge on any atom is 0.355 e. The first-order chi connectivity index (χ1) is 18.7. The van der Waals surface area contributed by atoms with Gasteiger partial charge in [0.05, 0.1) is 42.7 Å². The molecule has 39 heavy (non-hydrogen) atoms. The van der Waals surface area contributed by atoms with Crippen LogP contribution in [-0.4, -0.2) is 68.4 Å². The Morgan fingerprint density at radius 3 is 1.21 bits per heavy atom. The SMILES string of the molecule is CCCCn1c(=O)n(C(=O)c2cc(OC)c(OC)c(OC)c2)n(C(=O)c2cc(OC)c(OC)c(OC)c2)c1=O. The molecule has 0 unspecified atom stereocenters. The third kappa shape index (κ3) is 5.19. The van der Waals surface area contributed by atoms with Gasteiger partial charge in [-0.3, -0.25) is 9.59 Å². The predicted octanol–water partition coefficient (Wildman–Crippen LogP) is 2.04. The number of unbranched alkanes of at least 4 members (excludes halogenated alkanes) is 1. The maximum absolute atomic E-state index is 13.8. The highest BCUT2D eigenvalue weighted by Gasteiger charge is 2.29. The van der Waals surface area contributed by atoms with Gasteiger partial charge in [0.2, 0.25) is 11.5 Å². The van der Waals surface area contributed by atoms with Crippen LogP contribution in [0.4, 0.5) is 0 Å². The van der Waals surface area contributed by atoms with Crippen molar-refractivity contribution in [3.05, 3.63) is 56.4 Å². The summed E-state index contributed by atoms with van der Waals surface area (Å²) in [5.41, 5.74) is -2.14. The van der Waals surface area contributed by atoms with E-state index in [1.165, 1.54) is 66.9 Å². The molecule has 0 bridgehead atoms. The molecule has 3 rings (SSSR count). The third-order valence-corrected chi connectivity index (χ3v) is 5.97. The molecule has 210 valence electrons. The number of methoxy groups -OCH3 is 6. The van der Waals surface area contributed by atoms with E-state index in [-0.39, 0.29) is 52.2 Å². The second kappa shape index (κ2) is 12.2. The molecule has 1 aromatic heterocycles.